The van der Waals surface area contributed by atoms with E-state index in [9.17, 15) is 4.57 Å². The fraction of sp³-hybridized carbons (Fsp3) is 1.00. The lowest BCUT2D eigenvalue weighted by molar-refractivity contribution is -0.188. The molecule has 3 saturated heterocycles. The lowest BCUT2D eigenvalue weighted by atomic mass is 9.93. The molecule has 0 bridgehead atoms. The van der Waals surface area contributed by atoms with Gasteiger partial charge in [0.25, 0.3) is 0 Å². The van der Waals surface area contributed by atoms with E-state index in [1.54, 1.807) is 0 Å². The van der Waals surface area contributed by atoms with E-state index in [2.05, 4.69) is 0 Å². The number of phosphoric ester groups is 1. The molecule has 0 amide bonds. The zero-order valence-electron chi connectivity index (χ0n) is 16.3. The predicted molar refractivity (Wildman–Crippen MR) is 96.2 cm³/mol. The number of hydrogen-bond acceptors (Lipinski definition) is 7. The minimum absolute atomic E-state index is 0.209. The van der Waals surface area contributed by atoms with Crippen LogP contribution in [0.2, 0.25) is 0 Å². The van der Waals surface area contributed by atoms with Gasteiger partial charge in [0.15, 0.2) is 0 Å². The summed E-state index contributed by atoms with van der Waals surface area (Å²) in [5.41, 5.74) is -1.10. The van der Waals surface area contributed by atoms with Crippen molar-refractivity contribution in [2.24, 2.45) is 0 Å². The minimum Gasteiger partial charge on any atom is -0.372 e. The molecule has 0 radical (unpaired) electrons. The second-order valence-corrected chi connectivity index (χ2v) is 9.34. The van der Waals surface area contributed by atoms with Crippen molar-refractivity contribution in [2.75, 3.05) is 39.6 Å². The molecule has 8 heteroatoms. The van der Waals surface area contributed by atoms with Gasteiger partial charge in [-0.3, -0.25) is 13.6 Å². The highest BCUT2D eigenvalue weighted by molar-refractivity contribution is 7.48. The number of ether oxygens (including phenoxy) is 3. The highest BCUT2D eigenvalue weighted by Gasteiger charge is 2.45. The number of rotatable bonds is 12. The van der Waals surface area contributed by atoms with Crippen LogP contribution in [0.4, 0.5) is 0 Å². The third-order valence-corrected chi connectivity index (χ3v) is 7.62. The van der Waals surface area contributed by atoms with Gasteiger partial charge in [-0.1, -0.05) is 20.8 Å². The molecular weight excluding hydrogens is 359 g/mol. The summed E-state index contributed by atoms with van der Waals surface area (Å²) in [4.78, 5) is 0. The minimum atomic E-state index is -3.73. The van der Waals surface area contributed by atoms with Crippen LogP contribution in [0, 0.1) is 0 Å². The Labute approximate surface area is 156 Å². The first-order valence-corrected chi connectivity index (χ1v) is 11.3. The molecule has 3 atom stereocenters. The van der Waals surface area contributed by atoms with Gasteiger partial charge in [0.05, 0.1) is 56.4 Å². The Hall–Kier alpha value is -0.0100. The average molecular weight is 392 g/mol. The molecule has 3 fully saturated rings. The van der Waals surface area contributed by atoms with E-state index in [4.69, 9.17) is 27.8 Å². The molecule has 3 aliphatic rings. The summed E-state index contributed by atoms with van der Waals surface area (Å²) in [6.45, 7) is 8.88. The van der Waals surface area contributed by atoms with Crippen LogP contribution in [-0.4, -0.2) is 56.4 Å². The SMILES string of the molecule is CCC1(COP(=O)(OCC2(CC)CCO2)OCC2(CC)CCO2)CCO1. The first-order valence-electron chi connectivity index (χ1n) is 9.88. The van der Waals surface area contributed by atoms with Crippen LogP contribution in [0.5, 0.6) is 0 Å². The third-order valence-electron chi connectivity index (χ3n) is 6.29. The van der Waals surface area contributed by atoms with Crippen molar-refractivity contribution in [3.05, 3.63) is 0 Å². The molecule has 3 heterocycles. The second kappa shape index (κ2) is 8.16. The van der Waals surface area contributed by atoms with Crippen molar-refractivity contribution < 1.29 is 32.3 Å². The molecule has 3 unspecified atom stereocenters. The van der Waals surface area contributed by atoms with Crippen molar-refractivity contribution in [1.29, 1.82) is 0 Å². The van der Waals surface area contributed by atoms with E-state index in [0.717, 1.165) is 38.5 Å². The number of hydrogen-bond donors (Lipinski definition) is 0. The summed E-state index contributed by atoms with van der Waals surface area (Å²) in [6, 6.07) is 0. The van der Waals surface area contributed by atoms with Crippen LogP contribution in [0.3, 0.4) is 0 Å². The van der Waals surface area contributed by atoms with Crippen LogP contribution in [0.25, 0.3) is 0 Å². The summed E-state index contributed by atoms with van der Waals surface area (Å²) in [6.07, 6.45) is 5.10. The number of phosphoric acid groups is 1. The van der Waals surface area contributed by atoms with E-state index in [0.29, 0.717) is 19.8 Å². The summed E-state index contributed by atoms with van der Waals surface area (Å²) < 4.78 is 47.4. The standard InChI is InChI=1S/C18H33O7P/c1-4-16(7-10-20-16)13-23-26(19,24-14-17(5-2)8-11-21-17)25-15-18(6-3)9-12-22-18/h4-15H2,1-3H3. The first kappa shape index (κ1) is 20.7. The summed E-state index contributed by atoms with van der Waals surface area (Å²) in [7, 11) is -3.73. The Balaban J connectivity index is 1.60. The molecule has 7 nitrogen and oxygen atoms in total. The van der Waals surface area contributed by atoms with Crippen LogP contribution >= 0.6 is 7.82 Å². The maximum absolute atomic E-state index is 13.3. The van der Waals surface area contributed by atoms with Gasteiger partial charge in [-0.25, -0.2) is 4.57 Å². The predicted octanol–water partition coefficient (Wildman–Crippen LogP) is 3.85. The normalized spacial score (nSPS) is 38.7. The molecule has 0 N–H and O–H groups in total. The quantitative estimate of drug-likeness (QED) is 0.467. The monoisotopic (exact) mass is 392 g/mol. The van der Waals surface area contributed by atoms with Gasteiger partial charge in [0.2, 0.25) is 0 Å². The zero-order valence-corrected chi connectivity index (χ0v) is 17.2. The maximum atomic E-state index is 13.3. The van der Waals surface area contributed by atoms with Gasteiger partial charge in [0, 0.05) is 19.3 Å². The molecule has 3 rings (SSSR count). The lowest BCUT2D eigenvalue weighted by Gasteiger charge is -2.44. The molecule has 0 aromatic rings. The van der Waals surface area contributed by atoms with Gasteiger partial charge >= 0.3 is 7.82 Å². The zero-order chi connectivity index (χ0) is 18.7. The van der Waals surface area contributed by atoms with E-state index in [1.807, 2.05) is 20.8 Å². The fourth-order valence-electron chi connectivity index (χ4n) is 3.36. The van der Waals surface area contributed by atoms with Crippen LogP contribution in [0.15, 0.2) is 0 Å². The van der Waals surface area contributed by atoms with Crippen molar-refractivity contribution in [2.45, 2.75) is 76.1 Å². The van der Waals surface area contributed by atoms with E-state index < -0.39 is 7.82 Å². The second-order valence-electron chi connectivity index (χ2n) is 7.67. The average Bonchev–Trinajstić information content (AvgIpc) is 2.53. The van der Waals surface area contributed by atoms with Gasteiger partial charge < -0.3 is 14.2 Å². The van der Waals surface area contributed by atoms with Gasteiger partial charge in [-0.05, 0) is 19.3 Å². The Kier molecular flexibility index (Phi) is 6.50. The van der Waals surface area contributed by atoms with Gasteiger partial charge in [-0.15, -0.1) is 0 Å². The van der Waals surface area contributed by atoms with Crippen LogP contribution in [0.1, 0.15) is 59.3 Å². The largest absolute Gasteiger partial charge is 0.475 e. The van der Waals surface area contributed by atoms with Gasteiger partial charge in [0.1, 0.15) is 0 Å². The fourth-order valence-corrected chi connectivity index (χ4v) is 4.76. The Morgan fingerprint density at radius 3 is 1.12 bits per heavy atom. The van der Waals surface area contributed by atoms with Crippen LogP contribution in [-0.2, 0) is 32.3 Å². The third kappa shape index (κ3) is 4.35. The Morgan fingerprint density at radius 1 is 0.692 bits per heavy atom. The van der Waals surface area contributed by atoms with E-state index in [1.165, 1.54) is 0 Å². The van der Waals surface area contributed by atoms with Crippen molar-refractivity contribution in [1.82, 2.24) is 0 Å². The highest BCUT2D eigenvalue weighted by Crippen LogP contribution is 2.54. The molecule has 152 valence electrons. The Bertz CT molecular complexity index is 424. The molecule has 3 aliphatic heterocycles. The van der Waals surface area contributed by atoms with E-state index in [-0.39, 0.29) is 36.6 Å². The Morgan fingerprint density at radius 2 is 0.962 bits per heavy atom. The first-order chi connectivity index (χ1) is 12.4. The van der Waals surface area contributed by atoms with Crippen molar-refractivity contribution in [3.63, 3.8) is 0 Å². The molecule has 0 saturated carbocycles. The summed E-state index contributed by atoms with van der Waals surface area (Å²) in [5, 5.41) is 0. The topological polar surface area (TPSA) is 72.5 Å². The van der Waals surface area contributed by atoms with Crippen molar-refractivity contribution >= 4 is 7.82 Å². The molecule has 0 aromatic carbocycles. The maximum Gasteiger partial charge on any atom is 0.475 e. The molecule has 26 heavy (non-hydrogen) atoms. The van der Waals surface area contributed by atoms with Gasteiger partial charge in [-0.2, -0.15) is 0 Å². The molecule has 0 aliphatic carbocycles. The summed E-state index contributed by atoms with van der Waals surface area (Å²) in [5.74, 6) is 0. The summed E-state index contributed by atoms with van der Waals surface area (Å²) >= 11 is 0. The highest BCUT2D eigenvalue weighted by atomic mass is 31.2. The lowest BCUT2D eigenvalue weighted by Crippen LogP contribution is -2.49. The molecular formula is C18H33O7P. The van der Waals surface area contributed by atoms with E-state index >= 15 is 0 Å². The molecule has 0 aromatic heterocycles. The van der Waals surface area contributed by atoms with Crippen LogP contribution < -0.4 is 0 Å². The van der Waals surface area contributed by atoms with Crippen molar-refractivity contribution in [3.8, 4) is 0 Å². The smallest absolute Gasteiger partial charge is 0.372 e. The molecule has 0 spiro atoms.